The van der Waals surface area contributed by atoms with E-state index in [1.54, 1.807) is 13.8 Å². The number of rotatable bonds is 5. The maximum atomic E-state index is 14.8. The Hall–Kier alpha value is -3.42. The molecule has 3 N–H and O–H groups in total. The third-order valence-electron chi connectivity index (χ3n) is 4.57. The lowest BCUT2D eigenvalue weighted by Gasteiger charge is -2.16. The summed E-state index contributed by atoms with van der Waals surface area (Å²) in [5, 5.41) is 11.9. The number of nitrogens with zero attached hydrogens (tertiary/aromatic N) is 4. The molecule has 14 heteroatoms. The highest BCUT2D eigenvalue weighted by Gasteiger charge is 2.42. The van der Waals surface area contributed by atoms with Gasteiger partial charge in [-0.15, -0.1) is 0 Å². The first-order valence-corrected chi connectivity index (χ1v) is 9.58. The van der Waals surface area contributed by atoms with E-state index in [4.69, 9.17) is 9.47 Å². The molecule has 1 aliphatic heterocycles. The van der Waals surface area contributed by atoms with Crippen molar-refractivity contribution in [3.63, 3.8) is 0 Å². The van der Waals surface area contributed by atoms with Crippen molar-refractivity contribution in [2.45, 2.75) is 44.4 Å². The fraction of sp³-hybridized carbons (Fsp3) is 0.444. The molecule has 0 unspecified atom stereocenters. The quantitative estimate of drug-likeness (QED) is 0.504. The molecule has 3 aromatic rings. The first kappa shape index (κ1) is 21.8. The lowest BCUT2D eigenvalue weighted by atomic mass is 10.1. The van der Waals surface area contributed by atoms with Crippen molar-refractivity contribution < 1.29 is 31.8 Å². The van der Waals surface area contributed by atoms with Gasteiger partial charge in [-0.05, 0) is 19.9 Å². The van der Waals surface area contributed by atoms with E-state index in [1.165, 1.54) is 18.3 Å². The minimum Gasteiger partial charge on any atom is -0.441 e. The third kappa shape index (κ3) is 4.44. The zero-order valence-electron chi connectivity index (χ0n) is 16.9. The number of hydrogen-bond donors (Lipinski definition) is 3. The van der Waals surface area contributed by atoms with Crippen LogP contribution >= 0.6 is 0 Å². The molecule has 4 heterocycles. The Kier molecular flexibility index (Phi) is 5.62. The Labute approximate surface area is 178 Å². The molecule has 1 aliphatic rings. The summed E-state index contributed by atoms with van der Waals surface area (Å²) < 4.78 is 65.2. The van der Waals surface area contributed by atoms with Crippen molar-refractivity contribution in [2.75, 3.05) is 11.9 Å². The SMILES string of the molecule is CC(C)NC(=O)O[C@H]1CO[C@@H](c2cc(Nc3nccc4nc(C(F)(F)F)cn34)n[nH]2)[C@@H]1F. The average molecular weight is 457 g/mol. The standard InChI is InChI=1S/C18H19F4N7O3/c1-8(2)24-17(30)32-10-7-31-15(14(10)19)9-5-12(28-27-9)26-16-23-4-3-13-25-11(6-29(13)16)18(20,21)22/h3-6,8,10,14-15H,7H2,1-2H3,(H,24,30)(H2,23,26,27,28)/t10-,14+,15-/m0/s1. The van der Waals surface area contributed by atoms with Crippen LogP contribution in [0.25, 0.3) is 5.65 Å². The number of alkyl carbamates (subject to hydrolysis) is 1. The number of nitrogens with one attached hydrogen (secondary N) is 3. The van der Waals surface area contributed by atoms with E-state index in [0.29, 0.717) is 0 Å². The number of aromatic amines is 1. The predicted molar refractivity (Wildman–Crippen MR) is 102 cm³/mol. The van der Waals surface area contributed by atoms with Crippen LogP contribution in [0.2, 0.25) is 0 Å². The molecule has 1 amide bonds. The highest BCUT2D eigenvalue weighted by Crippen LogP contribution is 2.34. The third-order valence-corrected chi connectivity index (χ3v) is 4.57. The molecule has 10 nitrogen and oxygen atoms in total. The number of anilines is 2. The molecule has 172 valence electrons. The summed E-state index contributed by atoms with van der Waals surface area (Å²) in [5.41, 5.74) is -0.777. The van der Waals surface area contributed by atoms with E-state index >= 15 is 0 Å². The van der Waals surface area contributed by atoms with E-state index in [1.807, 2.05) is 0 Å². The molecule has 4 rings (SSSR count). The Morgan fingerprint density at radius 2 is 2.19 bits per heavy atom. The Morgan fingerprint density at radius 3 is 2.91 bits per heavy atom. The van der Waals surface area contributed by atoms with Gasteiger partial charge in [0.15, 0.2) is 23.8 Å². The van der Waals surface area contributed by atoms with Gasteiger partial charge in [-0.25, -0.2) is 19.2 Å². The molecular weight excluding hydrogens is 438 g/mol. The van der Waals surface area contributed by atoms with Crippen molar-refractivity contribution in [1.29, 1.82) is 0 Å². The van der Waals surface area contributed by atoms with Gasteiger partial charge in [0, 0.05) is 24.5 Å². The van der Waals surface area contributed by atoms with Crippen molar-refractivity contribution in [3.05, 3.63) is 35.9 Å². The number of halogens is 4. The zero-order chi connectivity index (χ0) is 23.0. The molecular formula is C18H19F4N7O3. The van der Waals surface area contributed by atoms with Crippen molar-refractivity contribution in [3.8, 4) is 0 Å². The fourth-order valence-electron chi connectivity index (χ4n) is 3.15. The minimum absolute atomic E-state index is 0.0271. The van der Waals surface area contributed by atoms with Crippen LogP contribution in [0.5, 0.6) is 0 Å². The van der Waals surface area contributed by atoms with Gasteiger partial charge in [0.1, 0.15) is 11.8 Å². The van der Waals surface area contributed by atoms with E-state index in [-0.39, 0.29) is 35.8 Å². The van der Waals surface area contributed by atoms with Gasteiger partial charge >= 0.3 is 12.3 Å². The number of amides is 1. The summed E-state index contributed by atoms with van der Waals surface area (Å²) in [6.07, 6.45) is -7.07. The smallest absolute Gasteiger partial charge is 0.434 e. The highest BCUT2D eigenvalue weighted by atomic mass is 19.4. The Balaban J connectivity index is 1.47. The molecule has 3 atom stereocenters. The molecule has 0 bridgehead atoms. The molecule has 0 aliphatic carbocycles. The monoisotopic (exact) mass is 457 g/mol. The summed E-state index contributed by atoms with van der Waals surface area (Å²) in [5.74, 6) is 0.194. The maximum absolute atomic E-state index is 14.8. The summed E-state index contributed by atoms with van der Waals surface area (Å²) in [6, 6.07) is 2.59. The molecule has 0 radical (unpaired) electrons. The van der Waals surface area contributed by atoms with E-state index < -0.39 is 36.3 Å². The number of imidazole rings is 1. The second-order valence-electron chi connectivity index (χ2n) is 7.40. The second-order valence-corrected chi connectivity index (χ2v) is 7.40. The number of H-pyrrole nitrogens is 1. The van der Waals surface area contributed by atoms with Crippen LogP contribution < -0.4 is 10.6 Å². The molecule has 1 saturated heterocycles. The van der Waals surface area contributed by atoms with Gasteiger partial charge in [-0.3, -0.25) is 9.50 Å². The second kappa shape index (κ2) is 8.26. The molecule has 0 spiro atoms. The Morgan fingerprint density at radius 1 is 1.41 bits per heavy atom. The molecule has 1 fully saturated rings. The van der Waals surface area contributed by atoms with Crippen LogP contribution in [0.15, 0.2) is 24.5 Å². The van der Waals surface area contributed by atoms with Gasteiger partial charge in [0.25, 0.3) is 0 Å². The average Bonchev–Trinajstić information content (AvgIpc) is 3.40. The van der Waals surface area contributed by atoms with Crippen molar-refractivity contribution >= 4 is 23.5 Å². The van der Waals surface area contributed by atoms with E-state index in [2.05, 4.69) is 30.8 Å². The van der Waals surface area contributed by atoms with Crippen molar-refractivity contribution in [1.82, 2.24) is 29.9 Å². The normalized spacial score (nSPS) is 21.3. The summed E-state index contributed by atoms with van der Waals surface area (Å²) in [7, 11) is 0. The number of hydrogen-bond acceptors (Lipinski definition) is 7. The summed E-state index contributed by atoms with van der Waals surface area (Å²) in [6.45, 7) is 3.34. The number of carbonyl (C=O) groups is 1. The number of ether oxygens (including phenoxy) is 2. The van der Waals surface area contributed by atoms with Crippen LogP contribution in [-0.4, -0.2) is 55.6 Å². The van der Waals surface area contributed by atoms with Crippen LogP contribution in [0.3, 0.4) is 0 Å². The van der Waals surface area contributed by atoms with Crippen LogP contribution in [0, 0.1) is 0 Å². The van der Waals surface area contributed by atoms with Gasteiger partial charge in [-0.2, -0.15) is 18.3 Å². The first-order valence-electron chi connectivity index (χ1n) is 9.58. The molecule has 32 heavy (non-hydrogen) atoms. The minimum atomic E-state index is -4.61. The molecule has 3 aromatic heterocycles. The van der Waals surface area contributed by atoms with Gasteiger partial charge in [-0.1, -0.05) is 0 Å². The topological polar surface area (TPSA) is 118 Å². The molecule has 0 aromatic carbocycles. The largest absolute Gasteiger partial charge is 0.441 e. The van der Waals surface area contributed by atoms with Gasteiger partial charge in [0.2, 0.25) is 5.95 Å². The van der Waals surface area contributed by atoms with Gasteiger partial charge < -0.3 is 20.1 Å². The lowest BCUT2D eigenvalue weighted by Crippen LogP contribution is -2.36. The fourth-order valence-corrected chi connectivity index (χ4v) is 3.15. The van der Waals surface area contributed by atoms with E-state index in [9.17, 15) is 22.4 Å². The number of fused-ring (bicyclic) bond motifs is 1. The summed E-state index contributed by atoms with van der Waals surface area (Å²) in [4.78, 5) is 19.2. The predicted octanol–water partition coefficient (Wildman–Crippen LogP) is 3.13. The van der Waals surface area contributed by atoms with Crippen LogP contribution in [0.1, 0.15) is 31.3 Å². The zero-order valence-corrected chi connectivity index (χ0v) is 16.9. The first-order chi connectivity index (χ1) is 15.1. The Bertz CT molecular complexity index is 1110. The maximum Gasteiger partial charge on any atom is 0.434 e. The van der Waals surface area contributed by atoms with E-state index in [0.717, 1.165) is 10.6 Å². The van der Waals surface area contributed by atoms with Crippen LogP contribution in [-0.2, 0) is 15.7 Å². The van der Waals surface area contributed by atoms with Crippen LogP contribution in [0.4, 0.5) is 34.1 Å². The highest BCUT2D eigenvalue weighted by molar-refractivity contribution is 5.67. The van der Waals surface area contributed by atoms with Gasteiger partial charge in [0.05, 0.1) is 12.3 Å². The summed E-state index contributed by atoms with van der Waals surface area (Å²) >= 11 is 0. The number of aromatic nitrogens is 5. The molecule has 0 saturated carbocycles. The lowest BCUT2D eigenvalue weighted by molar-refractivity contribution is -0.140. The number of carbonyl (C=O) groups excluding carboxylic acids is 1. The van der Waals surface area contributed by atoms with Crippen molar-refractivity contribution in [2.24, 2.45) is 0 Å². The number of alkyl halides is 4.